The van der Waals surface area contributed by atoms with Crippen LogP contribution in [0.5, 0.6) is 5.75 Å². The van der Waals surface area contributed by atoms with Crippen LogP contribution in [-0.2, 0) is 0 Å². The number of aliphatic hydroxyl groups is 1. The van der Waals surface area contributed by atoms with E-state index in [9.17, 15) is 15.0 Å². The maximum atomic E-state index is 10.8. The van der Waals surface area contributed by atoms with Gasteiger partial charge in [0.15, 0.2) is 0 Å². The standard InChI is InChI=1S/C12H14ClNO4/c13-9-2-1-7(5-10(9)15)11(16)8-3-4-14(6-8)12(17)18/h1-2,5,8,11,15-16H,3-4,6H2,(H,17,18)/t8-,11+/m1/s1. The minimum atomic E-state index is -0.969. The molecular weight excluding hydrogens is 258 g/mol. The number of likely N-dealkylation sites (tertiary alicyclic amines) is 1. The van der Waals surface area contributed by atoms with Gasteiger partial charge in [0.2, 0.25) is 0 Å². The van der Waals surface area contributed by atoms with Crippen LogP contribution < -0.4 is 0 Å². The van der Waals surface area contributed by atoms with Gasteiger partial charge in [-0.15, -0.1) is 0 Å². The second-order valence-corrected chi connectivity index (χ2v) is 4.84. The monoisotopic (exact) mass is 271 g/mol. The molecule has 1 aliphatic heterocycles. The van der Waals surface area contributed by atoms with Crippen LogP contribution in [0.3, 0.4) is 0 Å². The van der Waals surface area contributed by atoms with Gasteiger partial charge in [0, 0.05) is 19.0 Å². The molecule has 0 aliphatic carbocycles. The lowest BCUT2D eigenvalue weighted by Gasteiger charge is -2.19. The van der Waals surface area contributed by atoms with Crippen LogP contribution in [0.4, 0.5) is 4.79 Å². The largest absolute Gasteiger partial charge is 0.506 e. The summed E-state index contributed by atoms with van der Waals surface area (Å²) in [7, 11) is 0. The molecule has 1 amide bonds. The number of rotatable bonds is 2. The molecule has 18 heavy (non-hydrogen) atoms. The Morgan fingerprint density at radius 1 is 1.50 bits per heavy atom. The van der Waals surface area contributed by atoms with Gasteiger partial charge in [-0.05, 0) is 24.1 Å². The van der Waals surface area contributed by atoms with Crippen molar-refractivity contribution in [3.8, 4) is 5.75 Å². The molecule has 0 aromatic heterocycles. The molecule has 0 saturated carbocycles. The Morgan fingerprint density at radius 2 is 2.22 bits per heavy atom. The topological polar surface area (TPSA) is 81.0 Å². The van der Waals surface area contributed by atoms with E-state index in [4.69, 9.17) is 16.7 Å². The number of carbonyl (C=O) groups is 1. The molecule has 98 valence electrons. The number of hydrogen-bond acceptors (Lipinski definition) is 3. The Bertz CT molecular complexity index is 465. The lowest BCUT2D eigenvalue weighted by Crippen LogP contribution is -2.27. The van der Waals surface area contributed by atoms with Crippen molar-refractivity contribution in [1.29, 1.82) is 0 Å². The summed E-state index contributed by atoms with van der Waals surface area (Å²) < 4.78 is 0. The highest BCUT2D eigenvalue weighted by atomic mass is 35.5. The molecule has 2 rings (SSSR count). The summed E-state index contributed by atoms with van der Waals surface area (Å²) in [6, 6.07) is 4.56. The van der Waals surface area contributed by atoms with E-state index in [1.807, 2.05) is 0 Å². The van der Waals surface area contributed by atoms with Gasteiger partial charge in [-0.25, -0.2) is 4.79 Å². The number of aliphatic hydroxyl groups excluding tert-OH is 1. The van der Waals surface area contributed by atoms with E-state index in [0.29, 0.717) is 25.1 Å². The quantitative estimate of drug-likeness (QED) is 0.769. The summed E-state index contributed by atoms with van der Waals surface area (Å²) >= 11 is 5.69. The Hall–Kier alpha value is -1.46. The maximum absolute atomic E-state index is 10.8. The molecule has 1 aromatic carbocycles. The zero-order valence-electron chi connectivity index (χ0n) is 9.58. The number of aromatic hydroxyl groups is 1. The molecule has 5 nitrogen and oxygen atoms in total. The van der Waals surface area contributed by atoms with Crippen LogP contribution in [0.25, 0.3) is 0 Å². The molecule has 1 aliphatic rings. The molecule has 6 heteroatoms. The molecule has 0 bridgehead atoms. The first-order valence-corrected chi connectivity index (χ1v) is 6.01. The number of phenolic OH excluding ortho intramolecular Hbond substituents is 1. The molecule has 3 N–H and O–H groups in total. The molecule has 2 atom stereocenters. The van der Waals surface area contributed by atoms with Crippen molar-refractivity contribution in [3.05, 3.63) is 28.8 Å². The maximum Gasteiger partial charge on any atom is 0.407 e. The van der Waals surface area contributed by atoms with Crippen LogP contribution in [-0.4, -0.2) is 39.4 Å². The van der Waals surface area contributed by atoms with Gasteiger partial charge in [-0.2, -0.15) is 0 Å². The summed E-state index contributed by atoms with van der Waals surface area (Å²) in [5.41, 5.74) is 0.550. The number of halogens is 1. The Labute approximate surface area is 109 Å². The molecule has 0 spiro atoms. The first-order valence-electron chi connectivity index (χ1n) is 5.63. The van der Waals surface area contributed by atoms with E-state index in [1.54, 1.807) is 6.07 Å². The van der Waals surface area contributed by atoms with Gasteiger partial charge in [-0.1, -0.05) is 17.7 Å². The summed E-state index contributed by atoms with van der Waals surface area (Å²) in [4.78, 5) is 12.1. The summed E-state index contributed by atoms with van der Waals surface area (Å²) in [5, 5.41) is 28.7. The van der Waals surface area contributed by atoms with Gasteiger partial charge in [0.25, 0.3) is 0 Å². The molecular formula is C12H14ClNO4. The number of benzene rings is 1. The van der Waals surface area contributed by atoms with Crippen molar-refractivity contribution in [1.82, 2.24) is 4.90 Å². The van der Waals surface area contributed by atoms with E-state index in [1.165, 1.54) is 17.0 Å². The first kappa shape index (κ1) is 13.0. The van der Waals surface area contributed by atoms with E-state index < -0.39 is 12.2 Å². The fraction of sp³-hybridized carbons (Fsp3) is 0.417. The highest BCUT2D eigenvalue weighted by molar-refractivity contribution is 6.32. The Morgan fingerprint density at radius 3 is 2.78 bits per heavy atom. The number of hydrogen-bond donors (Lipinski definition) is 3. The average molecular weight is 272 g/mol. The number of amides is 1. The predicted octanol–water partition coefficient (Wildman–Crippen LogP) is 2.08. The molecule has 1 aromatic rings. The van der Waals surface area contributed by atoms with Crippen molar-refractivity contribution >= 4 is 17.7 Å². The van der Waals surface area contributed by atoms with Crippen molar-refractivity contribution < 1.29 is 20.1 Å². The van der Waals surface area contributed by atoms with Gasteiger partial charge in [-0.3, -0.25) is 0 Å². The molecule has 1 fully saturated rings. The Kier molecular flexibility index (Phi) is 3.63. The van der Waals surface area contributed by atoms with Crippen LogP contribution in [0.15, 0.2) is 18.2 Å². The third-order valence-electron chi connectivity index (χ3n) is 3.25. The highest BCUT2D eigenvalue weighted by Gasteiger charge is 2.31. The number of phenols is 1. The SMILES string of the molecule is O=C(O)N1CC[C@@H]([C@@H](O)c2ccc(Cl)c(O)c2)C1. The average Bonchev–Trinajstić information content (AvgIpc) is 2.81. The zero-order chi connectivity index (χ0) is 13.3. The van der Waals surface area contributed by atoms with E-state index in [-0.39, 0.29) is 16.7 Å². The van der Waals surface area contributed by atoms with E-state index >= 15 is 0 Å². The Balaban J connectivity index is 2.10. The number of nitrogens with zero attached hydrogens (tertiary/aromatic N) is 1. The first-order chi connectivity index (χ1) is 8.49. The molecule has 1 saturated heterocycles. The summed E-state index contributed by atoms with van der Waals surface area (Å²) in [6.07, 6.45) is -1.15. The highest BCUT2D eigenvalue weighted by Crippen LogP contribution is 2.33. The van der Waals surface area contributed by atoms with Crippen LogP contribution in [0.1, 0.15) is 18.1 Å². The lowest BCUT2D eigenvalue weighted by atomic mass is 9.95. The summed E-state index contributed by atoms with van der Waals surface area (Å²) in [5.74, 6) is -0.233. The minimum absolute atomic E-state index is 0.0821. The third kappa shape index (κ3) is 2.52. The number of carboxylic acid groups (broad SMARTS) is 1. The zero-order valence-corrected chi connectivity index (χ0v) is 10.3. The molecule has 1 heterocycles. The van der Waals surface area contributed by atoms with Gasteiger partial charge in [0.1, 0.15) is 5.75 Å². The summed E-state index contributed by atoms with van der Waals surface area (Å²) in [6.45, 7) is 0.733. The molecule has 0 radical (unpaired) electrons. The normalized spacial score (nSPS) is 21.0. The van der Waals surface area contributed by atoms with Gasteiger partial charge in [0.05, 0.1) is 11.1 Å². The van der Waals surface area contributed by atoms with E-state index in [0.717, 1.165) is 0 Å². The predicted molar refractivity (Wildman–Crippen MR) is 65.8 cm³/mol. The van der Waals surface area contributed by atoms with Gasteiger partial charge >= 0.3 is 6.09 Å². The fourth-order valence-electron chi connectivity index (χ4n) is 2.20. The second kappa shape index (κ2) is 5.04. The van der Waals surface area contributed by atoms with Gasteiger partial charge < -0.3 is 20.2 Å². The molecule has 0 unspecified atom stereocenters. The van der Waals surface area contributed by atoms with E-state index in [2.05, 4.69) is 0 Å². The van der Waals surface area contributed by atoms with Crippen LogP contribution in [0.2, 0.25) is 5.02 Å². The smallest absolute Gasteiger partial charge is 0.407 e. The second-order valence-electron chi connectivity index (χ2n) is 4.43. The van der Waals surface area contributed by atoms with Crippen molar-refractivity contribution in [2.24, 2.45) is 5.92 Å². The fourth-order valence-corrected chi connectivity index (χ4v) is 2.32. The van der Waals surface area contributed by atoms with Crippen molar-refractivity contribution in [2.45, 2.75) is 12.5 Å². The van der Waals surface area contributed by atoms with Crippen molar-refractivity contribution in [3.63, 3.8) is 0 Å². The van der Waals surface area contributed by atoms with Crippen LogP contribution >= 0.6 is 11.6 Å². The van der Waals surface area contributed by atoms with Crippen LogP contribution in [0, 0.1) is 5.92 Å². The third-order valence-corrected chi connectivity index (χ3v) is 3.57. The lowest BCUT2D eigenvalue weighted by molar-refractivity contribution is 0.107. The minimum Gasteiger partial charge on any atom is -0.506 e. The van der Waals surface area contributed by atoms with Crippen molar-refractivity contribution in [2.75, 3.05) is 13.1 Å².